The van der Waals surface area contributed by atoms with Crippen LogP contribution in [0.5, 0.6) is 5.75 Å². The van der Waals surface area contributed by atoms with Crippen LogP contribution in [0.3, 0.4) is 0 Å². The number of methoxy groups -OCH3 is 1. The molecule has 0 aliphatic carbocycles. The number of halogens is 7. The van der Waals surface area contributed by atoms with Gasteiger partial charge in [-0.3, -0.25) is 4.90 Å². The van der Waals surface area contributed by atoms with Gasteiger partial charge in [0.25, 0.3) is 0 Å². The zero-order chi connectivity index (χ0) is 32.4. The number of hydrogen-bond acceptors (Lipinski definition) is 4. The summed E-state index contributed by atoms with van der Waals surface area (Å²) < 4.78 is 113. The Kier molecular flexibility index (Phi) is 7.89. The summed E-state index contributed by atoms with van der Waals surface area (Å²) >= 11 is 0. The minimum atomic E-state index is -5.05. The van der Waals surface area contributed by atoms with E-state index in [1.165, 1.54) is 25.0 Å². The van der Waals surface area contributed by atoms with E-state index in [0.717, 1.165) is 11.1 Å². The first-order chi connectivity index (χ1) is 20.4. The monoisotopic (exact) mass is 625 g/mol. The minimum absolute atomic E-state index is 0.0313. The van der Waals surface area contributed by atoms with Gasteiger partial charge >= 0.3 is 18.4 Å². The summed E-state index contributed by atoms with van der Waals surface area (Å²) in [5.41, 5.74) is -0.0772. The van der Waals surface area contributed by atoms with Crippen LogP contribution in [0.4, 0.5) is 35.5 Å². The third kappa shape index (κ3) is 5.96. The van der Waals surface area contributed by atoms with E-state index in [1.54, 1.807) is 6.07 Å². The fourth-order valence-corrected chi connectivity index (χ4v) is 5.66. The molecule has 5 nitrogen and oxygen atoms in total. The van der Waals surface area contributed by atoms with Crippen molar-refractivity contribution in [2.24, 2.45) is 0 Å². The van der Waals surface area contributed by atoms with Crippen LogP contribution in [-0.2, 0) is 47.0 Å². The van der Waals surface area contributed by atoms with Crippen LogP contribution in [-0.4, -0.2) is 24.1 Å². The SMILES string of the molecule is COc1cc(F)c(C(C)(C)C)cc1-c1cc2c(cc1CN1C(=O)O[C@H](c3cc(C(F)(F)F)cc(C(F)(F)F)c3)[C@@H]1C)COC2. The van der Waals surface area contributed by atoms with Crippen molar-refractivity contribution in [3.8, 4) is 16.9 Å². The van der Waals surface area contributed by atoms with Gasteiger partial charge in [-0.2, -0.15) is 26.3 Å². The van der Waals surface area contributed by atoms with Gasteiger partial charge in [-0.05, 0) is 76.1 Å². The molecule has 2 atom stereocenters. The zero-order valence-corrected chi connectivity index (χ0v) is 24.5. The van der Waals surface area contributed by atoms with E-state index in [2.05, 4.69) is 0 Å². The molecule has 2 aliphatic rings. The number of rotatable bonds is 5. The first-order valence-electron chi connectivity index (χ1n) is 13.8. The zero-order valence-electron chi connectivity index (χ0n) is 24.5. The molecule has 0 saturated carbocycles. The summed E-state index contributed by atoms with van der Waals surface area (Å²) in [7, 11) is 1.40. The molecule has 0 spiro atoms. The van der Waals surface area contributed by atoms with Gasteiger partial charge in [0.1, 0.15) is 17.7 Å². The van der Waals surface area contributed by atoms with Crippen molar-refractivity contribution >= 4 is 6.09 Å². The Labute approximate surface area is 249 Å². The highest BCUT2D eigenvalue weighted by Gasteiger charge is 2.43. The smallest absolute Gasteiger partial charge is 0.416 e. The van der Waals surface area contributed by atoms with Crippen LogP contribution >= 0.6 is 0 Å². The third-order valence-electron chi connectivity index (χ3n) is 8.00. The number of carbonyl (C=O) groups excluding carboxylic acids is 1. The van der Waals surface area contributed by atoms with E-state index in [4.69, 9.17) is 14.2 Å². The highest BCUT2D eigenvalue weighted by molar-refractivity contribution is 5.77. The molecular weight excluding hydrogens is 595 g/mol. The highest BCUT2D eigenvalue weighted by atomic mass is 19.4. The maximum atomic E-state index is 15.1. The molecule has 0 unspecified atom stereocenters. The van der Waals surface area contributed by atoms with Crippen molar-refractivity contribution in [1.82, 2.24) is 4.90 Å². The van der Waals surface area contributed by atoms with Crippen molar-refractivity contribution < 1.29 is 49.7 Å². The molecule has 0 aromatic heterocycles. The Morgan fingerprint density at radius 3 is 2.00 bits per heavy atom. The number of fused-ring (bicyclic) bond motifs is 1. The lowest BCUT2D eigenvalue weighted by molar-refractivity contribution is -0.143. The lowest BCUT2D eigenvalue weighted by atomic mass is 9.83. The Hall–Kier alpha value is -3.80. The Bertz CT molecular complexity index is 1580. The van der Waals surface area contributed by atoms with Gasteiger partial charge in [-0.1, -0.05) is 26.8 Å². The molecule has 1 fully saturated rings. The van der Waals surface area contributed by atoms with Crippen LogP contribution in [0, 0.1) is 5.82 Å². The number of amides is 1. The van der Waals surface area contributed by atoms with E-state index in [-0.39, 0.29) is 18.4 Å². The quantitative estimate of drug-likeness (QED) is 0.266. The molecule has 5 rings (SSSR count). The first-order valence-corrected chi connectivity index (χ1v) is 13.8. The van der Waals surface area contributed by atoms with Gasteiger partial charge < -0.3 is 14.2 Å². The van der Waals surface area contributed by atoms with Crippen molar-refractivity contribution in [2.75, 3.05) is 7.11 Å². The second-order valence-electron chi connectivity index (χ2n) is 12.1. The molecule has 0 N–H and O–H groups in total. The largest absolute Gasteiger partial charge is 0.496 e. The summed E-state index contributed by atoms with van der Waals surface area (Å²) in [6.45, 7) is 7.62. The average Bonchev–Trinajstić information content (AvgIpc) is 3.49. The standard InChI is InChI=1S/C32H30F7NO4/c1-16-28(17-7-21(31(34,35)36)10-22(8-17)32(37,38)39)44-29(41)40(16)13-18-6-19-14-43-15-20(19)9-23(18)24-11-25(30(2,3)4)26(33)12-27(24)42-5/h6-12,16,28H,13-15H2,1-5H3/t16-,28-/m0/s1. The number of benzene rings is 3. The van der Waals surface area contributed by atoms with Gasteiger partial charge in [-0.25, -0.2) is 9.18 Å². The fourth-order valence-electron chi connectivity index (χ4n) is 5.66. The van der Waals surface area contributed by atoms with Crippen molar-refractivity contribution in [3.05, 3.63) is 87.2 Å². The van der Waals surface area contributed by atoms with E-state index in [9.17, 15) is 31.1 Å². The molecule has 44 heavy (non-hydrogen) atoms. The number of carbonyl (C=O) groups is 1. The van der Waals surface area contributed by atoms with E-state index < -0.39 is 58.5 Å². The lowest BCUT2D eigenvalue weighted by Gasteiger charge is -2.25. The second-order valence-corrected chi connectivity index (χ2v) is 12.1. The van der Waals surface area contributed by atoms with Crippen LogP contribution in [0.25, 0.3) is 11.1 Å². The normalized spacial score (nSPS) is 18.9. The maximum absolute atomic E-state index is 15.1. The topological polar surface area (TPSA) is 48.0 Å². The molecule has 3 aromatic carbocycles. The third-order valence-corrected chi connectivity index (χ3v) is 8.00. The summed E-state index contributed by atoms with van der Waals surface area (Å²) in [5.74, 6) is -0.211. The first kappa shape index (κ1) is 31.6. The van der Waals surface area contributed by atoms with Crippen molar-refractivity contribution in [1.29, 1.82) is 0 Å². The number of ether oxygens (including phenoxy) is 3. The summed E-state index contributed by atoms with van der Waals surface area (Å²) in [6.07, 6.45) is -12.4. The lowest BCUT2D eigenvalue weighted by Crippen LogP contribution is -2.31. The Morgan fingerprint density at radius 2 is 1.45 bits per heavy atom. The molecule has 236 valence electrons. The predicted octanol–water partition coefficient (Wildman–Crippen LogP) is 8.95. The van der Waals surface area contributed by atoms with Crippen LogP contribution in [0.1, 0.15) is 72.7 Å². The molecule has 0 radical (unpaired) electrons. The summed E-state index contributed by atoms with van der Waals surface area (Å²) in [4.78, 5) is 14.4. The van der Waals surface area contributed by atoms with Gasteiger partial charge in [0.2, 0.25) is 0 Å². The number of cyclic esters (lactones) is 1. The fraction of sp³-hybridized carbons (Fsp3) is 0.406. The summed E-state index contributed by atoms with van der Waals surface area (Å²) in [6, 6.07) is 6.91. The van der Waals surface area contributed by atoms with Gasteiger partial charge in [0.15, 0.2) is 0 Å². The molecule has 1 saturated heterocycles. The van der Waals surface area contributed by atoms with Gasteiger partial charge in [-0.15, -0.1) is 0 Å². The minimum Gasteiger partial charge on any atom is -0.496 e. The number of hydrogen-bond donors (Lipinski definition) is 0. The predicted molar refractivity (Wildman–Crippen MR) is 146 cm³/mol. The maximum Gasteiger partial charge on any atom is 0.416 e. The molecule has 2 aliphatic heterocycles. The molecule has 2 heterocycles. The van der Waals surface area contributed by atoms with E-state index in [1.807, 2.05) is 32.9 Å². The highest BCUT2D eigenvalue weighted by Crippen LogP contribution is 2.44. The molecule has 0 bridgehead atoms. The number of nitrogens with zero attached hydrogens (tertiary/aromatic N) is 1. The molecular formula is C32H30F7NO4. The molecule has 3 aromatic rings. The van der Waals surface area contributed by atoms with Crippen LogP contribution in [0.2, 0.25) is 0 Å². The van der Waals surface area contributed by atoms with Gasteiger partial charge in [0.05, 0.1) is 44.0 Å². The summed E-state index contributed by atoms with van der Waals surface area (Å²) in [5, 5.41) is 0. The second kappa shape index (κ2) is 11.0. The van der Waals surface area contributed by atoms with Crippen molar-refractivity contribution in [3.63, 3.8) is 0 Å². The van der Waals surface area contributed by atoms with Crippen molar-refractivity contribution in [2.45, 2.75) is 77.4 Å². The van der Waals surface area contributed by atoms with Crippen LogP contribution in [0.15, 0.2) is 42.5 Å². The number of alkyl halides is 6. The molecule has 12 heteroatoms. The Balaban J connectivity index is 1.58. The average molecular weight is 626 g/mol. The molecule has 1 amide bonds. The van der Waals surface area contributed by atoms with Gasteiger partial charge in [0, 0.05) is 11.6 Å². The van der Waals surface area contributed by atoms with E-state index >= 15 is 4.39 Å². The van der Waals surface area contributed by atoms with Crippen LogP contribution < -0.4 is 4.74 Å². The van der Waals surface area contributed by atoms with E-state index in [0.29, 0.717) is 47.6 Å². The Morgan fingerprint density at radius 1 is 0.864 bits per heavy atom.